The predicted molar refractivity (Wildman–Crippen MR) is 88.2 cm³/mol. The van der Waals surface area contributed by atoms with Crippen LogP contribution in [0.25, 0.3) is 0 Å². The zero-order valence-electron chi connectivity index (χ0n) is 12.6. The number of nitriles is 1. The molecule has 1 aromatic heterocycles. The van der Waals surface area contributed by atoms with Gasteiger partial charge in [-0.25, -0.2) is 4.98 Å². The van der Waals surface area contributed by atoms with Crippen LogP contribution in [0.2, 0.25) is 0 Å². The molecular formula is C17H17N3O2S. The second-order valence-corrected chi connectivity index (χ2v) is 6.61. The second kappa shape index (κ2) is 7.36. The van der Waals surface area contributed by atoms with Crippen LogP contribution in [-0.4, -0.2) is 24.1 Å². The summed E-state index contributed by atoms with van der Waals surface area (Å²) in [5.74, 6) is 0.0576. The van der Waals surface area contributed by atoms with Crippen LogP contribution >= 0.6 is 11.3 Å². The van der Waals surface area contributed by atoms with Crippen molar-refractivity contribution in [2.45, 2.75) is 19.3 Å². The molecule has 0 radical (unpaired) electrons. The number of benzene rings is 1. The van der Waals surface area contributed by atoms with Gasteiger partial charge in [0.15, 0.2) is 5.13 Å². The van der Waals surface area contributed by atoms with Crippen molar-refractivity contribution in [2.24, 2.45) is 5.92 Å². The quantitative estimate of drug-likeness (QED) is 0.937. The van der Waals surface area contributed by atoms with Crippen LogP contribution in [0.4, 0.5) is 5.13 Å². The maximum Gasteiger partial charge on any atom is 0.229 e. The van der Waals surface area contributed by atoms with Crippen LogP contribution in [0.3, 0.4) is 0 Å². The van der Waals surface area contributed by atoms with E-state index in [9.17, 15) is 4.79 Å². The van der Waals surface area contributed by atoms with Crippen molar-refractivity contribution in [3.63, 3.8) is 0 Å². The molecule has 3 rings (SSSR count). The monoisotopic (exact) mass is 327 g/mol. The van der Waals surface area contributed by atoms with Crippen molar-refractivity contribution in [3.05, 3.63) is 46.5 Å². The first-order valence-corrected chi connectivity index (χ1v) is 8.38. The number of carbonyl (C=O) groups excluding carboxylic acids is 1. The summed E-state index contributed by atoms with van der Waals surface area (Å²) >= 11 is 1.49. The minimum atomic E-state index is 0.0228. The average molecular weight is 327 g/mol. The fourth-order valence-electron chi connectivity index (χ4n) is 2.51. The molecule has 1 aliphatic heterocycles. The molecule has 6 heteroatoms. The molecule has 0 saturated carbocycles. The number of carbonyl (C=O) groups is 1. The summed E-state index contributed by atoms with van der Waals surface area (Å²) < 4.78 is 5.27. The SMILES string of the molecule is N#Cc1ccc(Cc2cnc(NC(=O)C3CCOCC3)s2)cc1. The smallest absolute Gasteiger partial charge is 0.229 e. The number of nitrogens with zero attached hydrogens (tertiary/aromatic N) is 2. The Kier molecular flexibility index (Phi) is 5.01. The largest absolute Gasteiger partial charge is 0.381 e. The van der Waals surface area contributed by atoms with Crippen LogP contribution in [0.5, 0.6) is 0 Å². The number of ether oxygens (including phenoxy) is 1. The molecule has 0 atom stereocenters. The molecule has 118 valence electrons. The van der Waals surface area contributed by atoms with Gasteiger partial charge in [-0.1, -0.05) is 12.1 Å². The van der Waals surface area contributed by atoms with Gasteiger partial charge < -0.3 is 10.1 Å². The predicted octanol–water partition coefficient (Wildman–Crippen LogP) is 2.97. The van der Waals surface area contributed by atoms with E-state index in [0.717, 1.165) is 29.7 Å². The highest BCUT2D eigenvalue weighted by atomic mass is 32.1. The maximum absolute atomic E-state index is 12.2. The fraction of sp³-hybridized carbons (Fsp3) is 0.353. The van der Waals surface area contributed by atoms with E-state index in [4.69, 9.17) is 10.00 Å². The molecule has 0 aliphatic carbocycles. The van der Waals surface area contributed by atoms with E-state index in [1.807, 2.05) is 24.3 Å². The van der Waals surface area contributed by atoms with E-state index in [-0.39, 0.29) is 11.8 Å². The lowest BCUT2D eigenvalue weighted by atomic mass is 10.00. The summed E-state index contributed by atoms with van der Waals surface area (Å²) in [5, 5.41) is 12.4. The van der Waals surface area contributed by atoms with Crippen molar-refractivity contribution in [1.82, 2.24) is 4.98 Å². The molecule has 23 heavy (non-hydrogen) atoms. The highest BCUT2D eigenvalue weighted by Gasteiger charge is 2.22. The number of rotatable bonds is 4. The van der Waals surface area contributed by atoms with E-state index in [2.05, 4.69) is 16.4 Å². The standard InChI is InChI=1S/C17H17N3O2S/c18-10-13-3-1-12(2-4-13)9-15-11-19-17(23-15)20-16(21)14-5-7-22-8-6-14/h1-4,11,14H,5-9H2,(H,19,20,21). The van der Waals surface area contributed by atoms with Gasteiger partial charge in [0, 0.05) is 36.6 Å². The fourth-order valence-corrected chi connectivity index (χ4v) is 3.36. The minimum absolute atomic E-state index is 0.0228. The van der Waals surface area contributed by atoms with Gasteiger partial charge in [0.25, 0.3) is 0 Å². The van der Waals surface area contributed by atoms with E-state index < -0.39 is 0 Å². The summed E-state index contributed by atoms with van der Waals surface area (Å²) in [6.45, 7) is 1.31. The average Bonchev–Trinajstić information content (AvgIpc) is 3.03. The molecule has 1 saturated heterocycles. The lowest BCUT2D eigenvalue weighted by Gasteiger charge is -2.20. The van der Waals surface area contributed by atoms with Gasteiger partial charge in [0.1, 0.15) is 0 Å². The van der Waals surface area contributed by atoms with Gasteiger partial charge in [-0.3, -0.25) is 4.79 Å². The van der Waals surface area contributed by atoms with Gasteiger partial charge in [-0.15, -0.1) is 11.3 Å². The summed E-state index contributed by atoms with van der Waals surface area (Å²) in [4.78, 5) is 17.5. The van der Waals surface area contributed by atoms with Gasteiger partial charge >= 0.3 is 0 Å². The zero-order chi connectivity index (χ0) is 16.1. The molecule has 1 fully saturated rings. The molecule has 1 N–H and O–H groups in total. The normalized spacial score (nSPS) is 15.1. The third-order valence-corrected chi connectivity index (χ3v) is 4.75. The summed E-state index contributed by atoms with van der Waals surface area (Å²) in [5.41, 5.74) is 1.78. The number of hydrogen-bond acceptors (Lipinski definition) is 5. The zero-order valence-corrected chi connectivity index (χ0v) is 13.4. The number of aromatic nitrogens is 1. The Bertz CT molecular complexity index is 712. The molecule has 0 unspecified atom stereocenters. The van der Waals surface area contributed by atoms with E-state index >= 15 is 0 Å². The van der Waals surface area contributed by atoms with Gasteiger partial charge in [-0.2, -0.15) is 5.26 Å². The van der Waals surface area contributed by atoms with Crippen LogP contribution in [0.15, 0.2) is 30.5 Å². The molecule has 2 aromatic rings. The Morgan fingerprint density at radius 2 is 2.09 bits per heavy atom. The highest BCUT2D eigenvalue weighted by Crippen LogP contribution is 2.23. The summed E-state index contributed by atoms with van der Waals surface area (Å²) in [6.07, 6.45) is 4.09. The highest BCUT2D eigenvalue weighted by molar-refractivity contribution is 7.15. The number of hydrogen-bond donors (Lipinski definition) is 1. The van der Waals surface area contributed by atoms with Crippen LogP contribution in [0, 0.1) is 17.2 Å². The number of nitrogens with one attached hydrogen (secondary N) is 1. The van der Waals surface area contributed by atoms with Crippen LogP contribution < -0.4 is 5.32 Å². The van der Waals surface area contributed by atoms with Crippen LogP contribution in [-0.2, 0) is 16.0 Å². The van der Waals surface area contributed by atoms with Crippen molar-refractivity contribution in [2.75, 3.05) is 18.5 Å². The van der Waals surface area contributed by atoms with E-state index in [1.54, 1.807) is 6.20 Å². The summed E-state index contributed by atoms with van der Waals surface area (Å²) in [6, 6.07) is 9.61. The topological polar surface area (TPSA) is 75.0 Å². The molecular weight excluding hydrogens is 310 g/mol. The molecule has 0 bridgehead atoms. The Hall–Kier alpha value is -2.23. The van der Waals surface area contributed by atoms with Crippen molar-refractivity contribution < 1.29 is 9.53 Å². The van der Waals surface area contributed by atoms with Crippen molar-refractivity contribution in [3.8, 4) is 6.07 Å². The molecule has 5 nitrogen and oxygen atoms in total. The van der Waals surface area contributed by atoms with E-state index in [1.165, 1.54) is 11.3 Å². The van der Waals surface area contributed by atoms with Gasteiger partial charge in [0.05, 0.1) is 11.6 Å². The van der Waals surface area contributed by atoms with Gasteiger partial charge in [0.2, 0.25) is 5.91 Å². The Morgan fingerprint density at radius 1 is 1.35 bits per heavy atom. The van der Waals surface area contributed by atoms with E-state index in [0.29, 0.717) is 23.9 Å². The molecule has 1 aliphatic rings. The Balaban J connectivity index is 1.59. The minimum Gasteiger partial charge on any atom is -0.381 e. The van der Waals surface area contributed by atoms with Crippen molar-refractivity contribution >= 4 is 22.4 Å². The number of anilines is 1. The lowest BCUT2D eigenvalue weighted by Crippen LogP contribution is -2.28. The van der Waals surface area contributed by atoms with Crippen molar-refractivity contribution in [1.29, 1.82) is 5.26 Å². The Labute approximate surface area is 138 Å². The third-order valence-electron chi connectivity index (χ3n) is 3.84. The summed E-state index contributed by atoms with van der Waals surface area (Å²) in [7, 11) is 0. The maximum atomic E-state index is 12.2. The molecule has 2 heterocycles. The first-order valence-electron chi connectivity index (χ1n) is 7.57. The second-order valence-electron chi connectivity index (χ2n) is 5.49. The number of amides is 1. The first-order chi connectivity index (χ1) is 11.2. The molecule has 1 aromatic carbocycles. The first kappa shape index (κ1) is 15.7. The molecule has 1 amide bonds. The third kappa shape index (κ3) is 4.15. The van der Waals surface area contributed by atoms with Gasteiger partial charge in [-0.05, 0) is 30.5 Å². The Morgan fingerprint density at radius 3 is 2.78 bits per heavy atom. The lowest BCUT2D eigenvalue weighted by molar-refractivity contribution is -0.122. The van der Waals surface area contributed by atoms with Crippen LogP contribution in [0.1, 0.15) is 28.8 Å². The number of thiazole rings is 1. The molecule has 0 spiro atoms.